The quantitative estimate of drug-likeness (QED) is 0.413. The smallest absolute Gasteiger partial charge is 0.0647 e. The second-order valence-corrected chi connectivity index (χ2v) is 1.94. The Balaban J connectivity index is 2.66. The van der Waals surface area contributed by atoms with Crippen molar-refractivity contribution in [1.82, 2.24) is 10.6 Å². The Morgan fingerprint density at radius 2 is 2.33 bits per heavy atom. The Morgan fingerprint density at radius 1 is 1.56 bits per heavy atom. The summed E-state index contributed by atoms with van der Waals surface area (Å²) in [6.07, 6.45) is 4.19. The molecule has 0 atom stereocenters. The topological polar surface area (TPSA) is 24.1 Å². The molecule has 0 aliphatic carbocycles. The van der Waals surface area contributed by atoms with E-state index in [-0.39, 0.29) is 0 Å². The predicted octanol–water partition coefficient (Wildman–Crippen LogP) is 1.07. The number of hydrogen-bond donors (Lipinski definition) is 2. The minimum absolute atomic E-state index is 0.837. The van der Waals surface area contributed by atoms with Crippen molar-refractivity contribution in [2.24, 2.45) is 0 Å². The van der Waals surface area contributed by atoms with Crippen molar-refractivity contribution in [2.45, 2.75) is 19.8 Å². The molecule has 0 heterocycles. The summed E-state index contributed by atoms with van der Waals surface area (Å²) in [5.74, 6) is 0. The molecule has 2 N–H and O–H groups in total. The van der Waals surface area contributed by atoms with Crippen LogP contribution in [0.25, 0.3) is 0 Å². The first-order chi connectivity index (χ1) is 4.41. The summed E-state index contributed by atoms with van der Waals surface area (Å²) in [5, 5.41) is 6.16. The van der Waals surface area contributed by atoms with Crippen molar-refractivity contribution in [1.29, 1.82) is 0 Å². The van der Waals surface area contributed by atoms with Gasteiger partial charge in [-0.2, -0.15) is 0 Å². The first-order valence-electron chi connectivity index (χ1n) is 3.46. The highest BCUT2D eigenvalue weighted by atomic mass is 15.0. The Kier molecular flexibility index (Phi) is 7.08. The van der Waals surface area contributed by atoms with Crippen molar-refractivity contribution >= 4 is 0 Å². The SMILES string of the molecule is C=CNCNCCCC. The second kappa shape index (κ2) is 7.50. The molecule has 2 heteroatoms. The molecule has 54 valence electrons. The molecule has 0 unspecified atom stereocenters. The van der Waals surface area contributed by atoms with E-state index in [1.807, 2.05) is 0 Å². The van der Waals surface area contributed by atoms with Crippen LogP contribution in [0.4, 0.5) is 0 Å². The largest absolute Gasteiger partial charge is 0.379 e. The van der Waals surface area contributed by atoms with Gasteiger partial charge in [0.1, 0.15) is 0 Å². The fourth-order valence-corrected chi connectivity index (χ4v) is 0.535. The molecule has 0 aromatic rings. The van der Waals surface area contributed by atoms with Gasteiger partial charge in [0, 0.05) is 0 Å². The Hall–Kier alpha value is -0.500. The number of rotatable bonds is 6. The first-order valence-corrected chi connectivity index (χ1v) is 3.46. The number of unbranched alkanes of at least 4 members (excludes halogenated alkanes) is 1. The molecule has 2 nitrogen and oxygen atoms in total. The molecule has 0 aromatic heterocycles. The molecular formula is C7H16N2. The highest BCUT2D eigenvalue weighted by molar-refractivity contribution is 4.60. The monoisotopic (exact) mass is 128 g/mol. The zero-order chi connectivity index (χ0) is 6.95. The van der Waals surface area contributed by atoms with Crippen molar-refractivity contribution in [3.8, 4) is 0 Å². The minimum atomic E-state index is 0.837. The highest BCUT2D eigenvalue weighted by Gasteiger charge is 1.80. The van der Waals surface area contributed by atoms with Crippen molar-refractivity contribution in [3.05, 3.63) is 12.8 Å². The van der Waals surface area contributed by atoms with Gasteiger partial charge in [0.25, 0.3) is 0 Å². The Morgan fingerprint density at radius 3 is 2.89 bits per heavy atom. The van der Waals surface area contributed by atoms with E-state index < -0.39 is 0 Å². The average molecular weight is 128 g/mol. The van der Waals surface area contributed by atoms with E-state index in [9.17, 15) is 0 Å². The van der Waals surface area contributed by atoms with Crippen molar-refractivity contribution in [3.63, 3.8) is 0 Å². The molecule has 0 fully saturated rings. The molecule has 0 saturated carbocycles. The third kappa shape index (κ3) is 7.50. The van der Waals surface area contributed by atoms with Crippen molar-refractivity contribution < 1.29 is 0 Å². The number of nitrogens with one attached hydrogen (secondary N) is 2. The second-order valence-electron chi connectivity index (χ2n) is 1.94. The van der Waals surface area contributed by atoms with E-state index in [0.717, 1.165) is 13.2 Å². The third-order valence-corrected chi connectivity index (χ3v) is 1.08. The lowest BCUT2D eigenvalue weighted by molar-refractivity contribution is 0.616. The zero-order valence-corrected chi connectivity index (χ0v) is 6.11. The van der Waals surface area contributed by atoms with E-state index >= 15 is 0 Å². The summed E-state index contributed by atoms with van der Waals surface area (Å²) >= 11 is 0. The lowest BCUT2D eigenvalue weighted by Gasteiger charge is -2.01. The van der Waals surface area contributed by atoms with Crippen LogP contribution >= 0.6 is 0 Å². The zero-order valence-electron chi connectivity index (χ0n) is 6.11. The molecule has 0 aliphatic heterocycles. The molecule has 0 saturated heterocycles. The maximum absolute atomic E-state index is 3.53. The molecular weight excluding hydrogens is 112 g/mol. The number of hydrogen-bond acceptors (Lipinski definition) is 2. The average Bonchev–Trinajstić information content (AvgIpc) is 1.89. The van der Waals surface area contributed by atoms with E-state index in [0.29, 0.717) is 0 Å². The van der Waals surface area contributed by atoms with Crippen LogP contribution in [-0.2, 0) is 0 Å². The molecule has 0 aliphatic rings. The lowest BCUT2D eigenvalue weighted by atomic mass is 10.3. The lowest BCUT2D eigenvalue weighted by Crippen LogP contribution is -2.25. The van der Waals surface area contributed by atoms with E-state index in [1.165, 1.54) is 12.8 Å². The van der Waals surface area contributed by atoms with Crippen LogP contribution in [0.1, 0.15) is 19.8 Å². The highest BCUT2D eigenvalue weighted by Crippen LogP contribution is 1.80. The van der Waals surface area contributed by atoms with Crippen LogP contribution in [0.3, 0.4) is 0 Å². The molecule has 0 aromatic carbocycles. The van der Waals surface area contributed by atoms with Gasteiger partial charge in [-0.1, -0.05) is 19.9 Å². The van der Waals surface area contributed by atoms with Crippen LogP contribution in [0.5, 0.6) is 0 Å². The van der Waals surface area contributed by atoms with Crippen LogP contribution in [0.2, 0.25) is 0 Å². The maximum atomic E-state index is 3.53. The molecule has 9 heavy (non-hydrogen) atoms. The van der Waals surface area contributed by atoms with Crippen LogP contribution in [0, 0.1) is 0 Å². The Bertz CT molecular complexity index is 61.9. The van der Waals surface area contributed by atoms with Gasteiger partial charge in [-0.3, -0.25) is 0 Å². The normalized spacial score (nSPS) is 9.00. The van der Waals surface area contributed by atoms with E-state index in [1.54, 1.807) is 6.20 Å². The van der Waals surface area contributed by atoms with Gasteiger partial charge in [0.2, 0.25) is 0 Å². The fourth-order valence-electron chi connectivity index (χ4n) is 0.535. The summed E-state index contributed by atoms with van der Waals surface area (Å²) in [7, 11) is 0. The van der Waals surface area contributed by atoms with Crippen molar-refractivity contribution in [2.75, 3.05) is 13.2 Å². The summed E-state index contributed by atoms with van der Waals surface area (Å²) in [5.41, 5.74) is 0. The molecule has 0 radical (unpaired) electrons. The third-order valence-electron chi connectivity index (χ3n) is 1.08. The standard InChI is InChI=1S/C7H16N2/c1-3-5-6-9-7-8-4-2/h4,8-9H,2-3,5-7H2,1H3. The van der Waals surface area contributed by atoms with Crippen LogP contribution in [0.15, 0.2) is 12.8 Å². The fraction of sp³-hybridized carbons (Fsp3) is 0.714. The maximum Gasteiger partial charge on any atom is 0.0647 e. The van der Waals surface area contributed by atoms with Gasteiger partial charge in [0.05, 0.1) is 6.67 Å². The summed E-state index contributed by atoms with van der Waals surface area (Å²) in [6, 6.07) is 0. The summed E-state index contributed by atoms with van der Waals surface area (Å²) in [6.45, 7) is 7.64. The Labute approximate surface area is 57.3 Å². The first kappa shape index (κ1) is 8.50. The molecule has 0 spiro atoms. The van der Waals surface area contributed by atoms with Gasteiger partial charge in [-0.15, -0.1) is 0 Å². The van der Waals surface area contributed by atoms with Crippen LogP contribution < -0.4 is 10.6 Å². The minimum Gasteiger partial charge on any atom is -0.379 e. The van der Waals surface area contributed by atoms with Crippen LogP contribution in [-0.4, -0.2) is 13.2 Å². The van der Waals surface area contributed by atoms with Gasteiger partial charge in [-0.25, -0.2) is 0 Å². The molecule has 0 bridgehead atoms. The molecule has 0 amide bonds. The summed E-state index contributed by atoms with van der Waals surface area (Å²) < 4.78 is 0. The van der Waals surface area contributed by atoms with E-state index in [4.69, 9.17) is 0 Å². The van der Waals surface area contributed by atoms with Gasteiger partial charge in [0.15, 0.2) is 0 Å². The molecule has 0 rings (SSSR count). The van der Waals surface area contributed by atoms with Gasteiger partial charge >= 0.3 is 0 Å². The van der Waals surface area contributed by atoms with E-state index in [2.05, 4.69) is 24.1 Å². The van der Waals surface area contributed by atoms with Gasteiger partial charge < -0.3 is 10.6 Å². The van der Waals surface area contributed by atoms with Gasteiger partial charge in [-0.05, 0) is 19.2 Å². The predicted molar refractivity (Wildman–Crippen MR) is 41.1 cm³/mol. The summed E-state index contributed by atoms with van der Waals surface area (Å²) in [4.78, 5) is 0.